The van der Waals surface area contributed by atoms with E-state index in [4.69, 9.17) is 9.47 Å². The van der Waals surface area contributed by atoms with Gasteiger partial charge in [0, 0.05) is 17.3 Å². The molecule has 1 N–H and O–H groups in total. The van der Waals surface area contributed by atoms with Crippen LogP contribution in [0.4, 0.5) is 5.69 Å². The number of nitrogens with one attached hydrogen (secondary N) is 1. The van der Waals surface area contributed by atoms with E-state index in [0.29, 0.717) is 23.8 Å². The van der Waals surface area contributed by atoms with Crippen molar-refractivity contribution in [1.29, 1.82) is 0 Å². The van der Waals surface area contributed by atoms with Crippen LogP contribution in [0.2, 0.25) is 0 Å². The van der Waals surface area contributed by atoms with Gasteiger partial charge in [0.1, 0.15) is 11.5 Å². The molecular weight excluding hydrogens is 382 g/mol. The van der Waals surface area contributed by atoms with Gasteiger partial charge in [0.15, 0.2) is 0 Å². The summed E-state index contributed by atoms with van der Waals surface area (Å²) in [6.07, 6.45) is 0.0836. The molecule has 4 nitrogen and oxygen atoms in total. The molecule has 2 rings (SSSR count). The second-order valence-electron chi connectivity index (χ2n) is 6.50. The standard InChI is InChI=1S/C20H24BrNO3/c1-13(2)12-24-19-9-8-15(10-18(19)21)20(23)22-16-6-5-7-17(11-16)25-14(3)4/h5-11,13-14H,12H2,1-4H3,(H,22,23). The highest BCUT2D eigenvalue weighted by Crippen LogP contribution is 2.27. The third-order valence-corrected chi connectivity index (χ3v) is 3.85. The topological polar surface area (TPSA) is 47.6 Å². The van der Waals surface area contributed by atoms with Crippen LogP contribution in [0.3, 0.4) is 0 Å². The molecule has 0 heterocycles. The Bertz CT molecular complexity index is 729. The average Bonchev–Trinajstić information content (AvgIpc) is 2.53. The SMILES string of the molecule is CC(C)COc1ccc(C(=O)Nc2cccc(OC(C)C)c2)cc1Br. The Morgan fingerprint density at radius 2 is 1.88 bits per heavy atom. The third-order valence-electron chi connectivity index (χ3n) is 3.23. The van der Waals surface area contributed by atoms with Gasteiger partial charge >= 0.3 is 0 Å². The van der Waals surface area contributed by atoms with E-state index >= 15 is 0 Å². The van der Waals surface area contributed by atoms with Gasteiger partial charge in [-0.2, -0.15) is 0 Å². The van der Waals surface area contributed by atoms with Crippen molar-refractivity contribution in [3.05, 3.63) is 52.5 Å². The van der Waals surface area contributed by atoms with Crippen molar-refractivity contribution in [3.8, 4) is 11.5 Å². The zero-order chi connectivity index (χ0) is 18.4. The third kappa shape index (κ3) is 6.09. The second kappa shape index (κ2) is 8.90. The van der Waals surface area contributed by atoms with Crippen LogP contribution in [0.5, 0.6) is 11.5 Å². The molecule has 1 amide bonds. The lowest BCUT2D eigenvalue weighted by Crippen LogP contribution is -2.13. The Labute approximate surface area is 157 Å². The number of hydrogen-bond acceptors (Lipinski definition) is 3. The van der Waals surface area contributed by atoms with Crippen LogP contribution in [0.15, 0.2) is 46.9 Å². The highest BCUT2D eigenvalue weighted by atomic mass is 79.9. The van der Waals surface area contributed by atoms with E-state index in [1.165, 1.54) is 0 Å². The van der Waals surface area contributed by atoms with Crippen molar-refractivity contribution in [3.63, 3.8) is 0 Å². The fourth-order valence-electron chi connectivity index (χ4n) is 2.14. The van der Waals surface area contributed by atoms with Gasteiger partial charge in [0.25, 0.3) is 5.91 Å². The lowest BCUT2D eigenvalue weighted by atomic mass is 10.2. The molecule has 134 valence electrons. The van der Waals surface area contributed by atoms with Crippen molar-refractivity contribution >= 4 is 27.5 Å². The van der Waals surface area contributed by atoms with E-state index in [2.05, 4.69) is 35.1 Å². The van der Waals surface area contributed by atoms with Crippen molar-refractivity contribution in [1.82, 2.24) is 0 Å². The van der Waals surface area contributed by atoms with E-state index in [1.54, 1.807) is 18.2 Å². The Kier molecular flexibility index (Phi) is 6.88. The van der Waals surface area contributed by atoms with Gasteiger partial charge in [-0.3, -0.25) is 4.79 Å². The molecule has 0 aromatic heterocycles. The Hall–Kier alpha value is -2.01. The van der Waals surface area contributed by atoms with Gasteiger partial charge in [-0.1, -0.05) is 19.9 Å². The highest BCUT2D eigenvalue weighted by Gasteiger charge is 2.11. The Morgan fingerprint density at radius 3 is 2.52 bits per heavy atom. The fourth-order valence-corrected chi connectivity index (χ4v) is 2.63. The molecule has 0 saturated carbocycles. The summed E-state index contributed by atoms with van der Waals surface area (Å²) >= 11 is 3.46. The number of carbonyl (C=O) groups excluding carboxylic acids is 1. The first-order chi connectivity index (χ1) is 11.8. The van der Waals surface area contributed by atoms with Crippen LogP contribution in [0, 0.1) is 5.92 Å². The second-order valence-corrected chi connectivity index (χ2v) is 7.35. The summed E-state index contributed by atoms with van der Waals surface area (Å²) in [5.41, 5.74) is 1.25. The number of hydrogen-bond donors (Lipinski definition) is 1. The number of carbonyl (C=O) groups is 1. The molecule has 0 aliphatic rings. The molecule has 5 heteroatoms. The molecule has 0 spiro atoms. The first-order valence-corrected chi connectivity index (χ1v) is 9.15. The van der Waals surface area contributed by atoms with Gasteiger partial charge in [0.2, 0.25) is 0 Å². The van der Waals surface area contributed by atoms with Crippen molar-refractivity contribution in [2.75, 3.05) is 11.9 Å². The smallest absolute Gasteiger partial charge is 0.255 e. The van der Waals surface area contributed by atoms with E-state index in [0.717, 1.165) is 16.0 Å². The molecule has 0 aliphatic heterocycles. The molecular formula is C20H24BrNO3. The zero-order valence-electron chi connectivity index (χ0n) is 15.0. The molecule has 0 unspecified atom stereocenters. The summed E-state index contributed by atoms with van der Waals surface area (Å²) in [6.45, 7) is 8.74. The Morgan fingerprint density at radius 1 is 1.12 bits per heavy atom. The predicted octanol–water partition coefficient (Wildman–Crippen LogP) is 5.52. The number of rotatable bonds is 7. The highest BCUT2D eigenvalue weighted by molar-refractivity contribution is 9.10. The van der Waals surface area contributed by atoms with Crippen LogP contribution in [0.1, 0.15) is 38.1 Å². The van der Waals surface area contributed by atoms with Crippen LogP contribution in [-0.2, 0) is 0 Å². The quantitative estimate of drug-likeness (QED) is 0.658. The zero-order valence-corrected chi connectivity index (χ0v) is 16.6. The summed E-state index contributed by atoms with van der Waals surface area (Å²) in [4.78, 5) is 12.5. The summed E-state index contributed by atoms with van der Waals surface area (Å²) < 4.78 is 12.1. The normalized spacial score (nSPS) is 10.8. The largest absolute Gasteiger partial charge is 0.492 e. The monoisotopic (exact) mass is 405 g/mol. The van der Waals surface area contributed by atoms with E-state index in [1.807, 2.05) is 38.1 Å². The minimum Gasteiger partial charge on any atom is -0.492 e. The molecule has 2 aromatic rings. The van der Waals surface area contributed by atoms with Crippen molar-refractivity contribution in [2.45, 2.75) is 33.8 Å². The average molecular weight is 406 g/mol. The summed E-state index contributed by atoms with van der Waals surface area (Å²) in [5.74, 6) is 1.72. The lowest BCUT2D eigenvalue weighted by Gasteiger charge is -2.13. The number of amides is 1. The molecule has 0 aliphatic carbocycles. The van der Waals surface area contributed by atoms with Crippen LogP contribution < -0.4 is 14.8 Å². The lowest BCUT2D eigenvalue weighted by molar-refractivity contribution is 0.102. The van der Waals surface area contributed by atoms with Crippen molar-refractivity contribution < 1.29 is 14.3 Å². The Balaban J connectivity index is 2.07. The van der Waals surface area contributed by atoms with Gasteiger partial charge in [-0.15, -0.1) is 0 Å². The van der Waals surface area contributed by atoms with Crippen LogP contribution in [0.25, 0.3) is 0 Å². The molecule has 25 heavy (non-hydrogen) atoms. The first kappa shape index (κ1) is 19.3. The van der Waals surface area contributed by atoms with Gasteiger partial charge in [0.05, 0.1) is 17.2 Å². The molecule has 0 radical (unpaired) electrons. The minimum absolute atomic E-state index is 0.0836. The van der Waals surface area contributed by atoms with E-state index in [9.17, 15) is 4.79 Å². The number of benzene rings is 2. The van der Waals surface area contributed by atoms with Crippen molar-refractivity contribution in [2.24, 2.45) is 5.92 Å². The fraction of sp³-hybridized carbons (Fsp3) is 0.350. The molecule has 0 fully saturated rings. The molecule has 0 saturated heterocycles. The minimum atomic E-state index is -0.183. The van der Waals surface area contributed by atoms with Gasteiger partial charge in [-0.05, 0) is 66.0 Å². The molecule has 0 bridgehead atoms. The van der Waals surface area contributed by atoms with E-state index in [-0.39, 0.29) is 12.0 Å². The van der Waals surface area contributed by atoms with Gasteiger partial charge < -0.3 is 14.8 Å². The predicted molar refractivity (Wildman–Crippen MR) is 105 cm³/mol. The molecule has 2 aromatic carbocycles. The maximum Gasteiger partial charge on any atom is 0.255 e. The number of halogens is 1. The maximum absolute atomic E-state index is 12.5. The number of ether oxygens (including phenoxy) is 2. The number of anilines is 1. The van der Waals surface area contributed by atoms with Crippen LogP contribution in [-0.4, -0.2) is 18.6 Å². The maximum atomic E-state index is 12.5. The summed E-state index contributed by atoms with van der Waals surface area (Å²) in [6, 6.07) is 12.7. The first-order valence-electron chi connectivity index (χ1n) is 8.35. The molecule has 0 atom stereocenters. The summed E-state index contributed by atoms with van der Waals surface area (Å²) in [7, 11) is 0. The van der Waals surface area contributed by atoms with Gasteiger partial charge in [-0.25, -0.2) is 0 Å². The summed E-state index contributed by atoms with van der Waals surface area (Å²) in [5, 5.41) is 2.89. The van der Waals surface area contributed by atoms with Crippen LogP contribution >= 0.6 is 15.9 Å². The van der Waals surface area contributed by atoms with E-state index < -0.39 is 0 Å².